The molecule has 0 atom stereocenters. The second-order valence-electron chi connectivity index (χ2n) is 8.09. The van der Waals surface area contributed by atoms with E-state index in [-0.39, 0.29) is 0 Å². The first-order valence-electron chi connectivity index (χ1n) is 11.0. The van der Waals surface area contributed by atoms with Crippen LogP contribution in [0.15, 0.2) is 60.9 Å². The lowest BCUT2D eigenvalue weighted by atomic mass is 9.98. The molecule has 3 aromatic heterocycles. The smallest absolute Gasteiger partial charge is 0.178 e. The van der Waals surface area contributed by atoms with Gasteiger partial charge >= 0.3 is 0 Å². The maximum absolute atomic E-state index is 6.34. The number of halogens is 1. The highest BCUT2D eigenvalue weighted by Crippen LogP contribution is 2.24. The third kappa shape index (κ3) is 4.69. The molecule has 4 heterocycles. The van der Waals surface area contributed by atoms with E-state index >= 15 is 0 Å². The molecule has 1 aromatic carbocycles. The SMILES string of the molecule is Clc1cnn2c(NCc3ccc(-c4ccccn4)cc3)cc(NCC3CCNCC3)nc12. The summed E-state index contributed by atoms with van der Waals surface area (Å²) in [7, 11) is 0. The lowest BCUT2D eigenvalue weighted by molar-refractivity contribution is 0.389. The molecule has 1 fully saturated rings. The number of nitrogens with zero attached hydrogens (tertiary/aromatic N) is 4. The normalized spacial score (nSPS) is 14.5. The highest BCUT2D eigenvalue weighted by atomic mass is 35.5. The van der Waals surface area contributed by atoms with Crippen LogP contribution in [0.3, 0.4) is 0 Å². The number of benzene rings is 1. The Morgan fingerprint density at radius 1 is 1.06 bits per heavy atom. The number of pyridine rings is 1. The Labute approximate surface area is 192 Å². The molecule has 32 heavy (non-hydrogen) atoms. The minimum atomic E-state index is 0.540. The third-order valence-electron chi connectivity index (χ3n) is 5.85. The number of nitrogens with one attached hydrogen (secondary N) is 3. The molecule has 0 bridgehead atoms. The fourth-order valence-electron chi connectivity index (χ4n) is 4.01. The van der Waals surface area contributed by atoms with Gasteiger partial charge in [-0.2, -0.15) is 9.61 Å². The van der Waals surface area contributed by atoms with Crippen molar-refractivity contribution in [2.75, 3.05) is 30.3 Å². The molecule has 8 heteroatoms. The zero-order chi connectivity index (χ0) is 21.8. The number of hydrogen-bond donors (Lipinski definition) is 3. The number of fused-ring (bicyclic) bond motifs is 1. The molecule has 3 N–H and O–H groups in total. The quantitative estimate of drug-likeness (QED) is 0.388. The maximum atomic E-state index is 6.34. The number of hydrogen-bond acceptors (Lipinski definition) is 6. The van der Waals surface area contributed by atoms with Crippen LogP contribution in [-0.4, -0.2) is 39.2 Å². The minimum Gasteiger partial charge on any atom is -0.370 e. The van der Waals surface area contributed by atoms with E-state index in [0.717, 1.165) is 48.1 Å². The van der Waals surface area contributed by atoms with Crippen LogP contribution in [-0.2, 0) is 6.54 Å². The molecule has 0 spiro atoms. The number of aromatic nitrogens is 4. The molecule has 7 nitrogen and oxygen atoms in total. The Balaban J connectivity index is 1.30. The molecular weight excluding hydrogens is 422 g/mol. The van der Waals surface area contributed by atoms with Crippen molar-refractivity contribution in [2.45, 2.75) is 19.4 Å². The zero-order valence-corrected chi connectivity index (χ0v) is 18.5. The van der Waals surface area contributed by atoms with Crippen LogP contribution in [0.2, 0.25) is 5.02 Å². The molecule has 0 amide bonds. The third-order valence-corrected chi connectivity index (χ3v) is 6.11. The highest BCUT2D eigenvalue weighted by Gasteiger charge is 2.15. The van der Waals surface area contributed by atoms with E-state index in [9.17, 15) is 0 Å². The van der Waals surface area contributed by atoms with Crippen LogP contribution in [0.25, 0.3) is 16.9 Å². The van der Waals surface area contributed by atoms with E-state index < -0.39 is 0 Å². The predicted octanol–water partition coefficient (Wildman–Crippen LogP) is 4.47. The van der Waals surface area contributed by atoms with Crippen LogP contribution in [0.5, 0.6) is 0 Å². The van der Waals surface area contributed by atoms with Gasteiger partial charge in [0.1, 0.15) is 16.7 Å². The van der Waals surface area contributed by atoms with Crippen LogP contribution in [0.1, 0.15) is 18.4 Å². The van der Waals surface area contributed by atoms with Crippen molar-refractivity contribution in [3.8, 4) is 11.3 Å². The molecule has 0 radical (unpaired) electrons. The summed E-state index contributed by atoms with van der Waals surface area (Å²) in [6, 6.07) is 16.4. The van der Waals surface area contributed by atoms with Gasteiger partial charge in [0, 0.05) is 30.9 Å². The first kappa shape index (κ1) is 20.7. The Morgan fingerprint density at radius 2 is 1.91 bits per heavy atom. The average molecular weight is 448 g/mol. The topological polar surface area (TPSA) is 79.2 Å². The molecular formula is C24H26ClN7. The molecule has 1 saturated heterocycles. The zero-order valence-electron chi connectivity index (χ0n) is 17.8. The van der Waals surface area contributed by atoms with Gasteiger partial charge in [-0.15, -0.1) is 0 Å². The molecule has 1 aliphatic rings. The van der Waals surface area contributed by atoms with Gasteiger partial charge in [0.25, 0.3) is 0 Å². The fourth-order valence-corrected chi connectivity index (χ4v) is 4.17. The monoisotopic (exact) mass is 447 g/mol. The van der Waals surface area contributed by atoms with E-state index in [1.807, 2.05) is 30.5 Å². The average Bonchev–Trinajstić information content (AvgIpc) is 3.23. The maximum Gasteiger partial charge on any atom is 0.178 e. The molecule has 0 saturated carbocycles. The minimum absolute atomic E-state index is 0.540. The standard InChI is InChI=1S/C24H26ClN7/c25-20-16-30-32-23(13-22(31-24(20)32)28-14-18-8-11-26-12-9-18)29-15-17-4-6-19(7-5-17)21-3-1-2-10-27-21/h1-7,10,13,16,18,26,29H,8-9,11-12,14-15H2,(H,28,31). The van der Waals surface area contributed by atoms with Crippen LogP contribution >= 0.6 is 11.6 Å². The Hall–Kier alpha value is -3.16. The molecule has 0 unspecified atom stereocenters. The second-order valence-corrected chi connectivity index (χ2v) is 8.50. The van der Waals surface area contributed by atoms with Gasteiger partial charge in [0.2, 0.25) is 0 Å². The second kappa shape index (κ2) is 9.54. The summed E-state index contributed by atoms with van der Waals surface area (Å²) in [6.07, 6.45) is 5.81. The lowest BCUT2D eigenvalue weighted by Gasteiger charge is -2.23. The molecule has 164 valence electrons. The van der Waals surface area contributed by atoms with Crippen LogP contribution in [0, 0.1) is 5.92 Å². The Kier molecular flexibility index (Phi) is 6.18. The van der Waals surface area contributed by atoms with Gasteiger partial charge < -0.3 is 16.0 Å². The van der Waals surface area contributed by atoms with E-state index in [4.69, 9.17) is 11.6 Å². The summed E-state index contributed by atoms with van der Waals surface area (Å²) in [5.74, 6) is 2.32. The van der Waals surface area contributed by atoms with Gasteiger partial charge in [-0.1, -0.05) is 41.9 Å². The summed E-state index contributed by atoms with van der Waals surface area (Å²) in [5, 5.41) is 15.3. The predicted molar refractivity (Wildman–Crippen MR) is 129 cm³/mol. The molecule has 0 aliphatic carbocycles. The van der Waals surface area contributed by atoms with Crippen molar-refractivity contribution in [1.82, 2.24) is 24.9 Å². The van der Waals surface area contributed by atoms with Gasteiger partial charge in [0.15, 0.2) is 5.65 Å². The van der Waals surface area contributed by atoms with Gasteiger partial charge in [-0.3, -0.25) is 4.98 Å². The largest absolute Gasteiger partial charge is 0.370 e. The van der Waals surface area contributed by atoms with Crippen molar-refractivity contribution >= 4 is 28.9 Å². The summed E-state index contributed by atoms with van der Waals surface area (Å²) in [5.41, 5.74) is 3.88. The van der Waals surface area contributed by atoms with Gasteiger partial charge in [0.05, 0.1) is 11.9 Å². The van der Waals surface area contributed by atoms with E-state index in [1.165, 1.54) is 12.8 Å². The summed E-state index contributed by atoms with van der Waals surface area (Å²) in [4.78, 5) is 9.09. The summed E-state index contributed by atoms with van der Waals surface area (Å²) < 4.78 is 1.75. The van der Waals surface area contributed by atoms with E-state index in [0.29, 0.717) is 23.1 Å². The van der Waals surface area contributed by atoms with Gasteiger partial charge in [-0.05, 0) is 49.5 Å². The van der Waals surface area contributed by atoms with Crippen molar-refractivity contribution in [1.29, 1.82) is 0 Å². The Morgan fingerprint density at radius 3 is 2.69 bits per heavy atom. The lowest BCUT2D eigenvalue weighted by Crippen LogP contribution is -2.31. The van der Waals surface area contributed by atoms with Crippen molar-refractivity contribution in [3.05, 3.63) is 71.5 Å². The van der Waals surface area contributed by atoms with Crippen LogP contribution < -0.4 is 16.0 Å². The number of piperidine rings is 1. The molecule has 4 aromatic rings. The van der Waals surface area contributed by atoms with Crippen molar-refractivity contribution in [3.63, 3.8) is 0 Å². The highest BCUT2D eigenvalue weighted by molar-refractivity contribution is 6.33. The van der Waals surface area contributed by atoms with Crippen LogP contribution in [0.4, 0.5) is 11.6 Å². The van der Waals surface area contributed by atoms with E-state index in [2.05, 4.69) is 55.3 Å². The first-order valence-corrected chi connectivity index (χ1v) is 11.4. The van der Waals surface area contributed by atoms with Crippen molar-refractivity contribution < 1.29 is 0 Å². The first-order chi connectivity index (χ1) is 15.8. The fraction of sp³-hybridized carbons (Fsp3) is 0.292. The summed E-state index contributed by atoms with van der Waals surface area (Å²) in [6.45, 7) is 3.73. The Bertz CT molecular complexity index is 1170. The summed E-state index contributed by atoms with van der Waals surface area (Å²) >= 11 is 6.34. The van der Waals surface area contributed by atoms with Gasteiger partial charge in [-0.25, -0.2) is 4.98 Å². The molecule has 5 rings (SSSR count). The molecule has 1 aliphatic heterocycles. The van der Waals surface area contributed by atoms with E-state index in [1.54, 1.807) is 10.7 Å². The number of rotatable bonds is 7. The van der Waals surface area contributed by atoms with Crippen molar-refractivity contribution in [2.24, 2.45) is 5.92 Å². The number of anilines is 2.